The number of anilines is 1. The van der Waals surface area contributed by atoms with Crippen molar-refractivity contribution in [2.75, 3.05) is 51.2 Å². The molecule has 162 valence electrons. The van der Waals surface area contributed by atoms with Crippen LogP contribution in [0.3, 0.4) is 0 Å². The highest BCUT2D eigenvalue weighted by Gasteiger charge is 2.15. The van der Waals surface area contributed by atoms with Gasteiger partial charge in [-0.25, -0.2) is 9.98 Å². The number of hydrogen-bond donors (Lipinski definition) is 2. The summed E-state index contributed by atoms with van der Waals surface area (Å²) in [6.45, 7) is 10.9. The highest BCUT2D eigenvalue weighted by atomic mass is 32.2. The summed E-state index contributed by atoms with van der Waals surface area (Å²) < 4.78 is 0. The fourth-order valence-corrected chi connectivity index (χ4v) is 4.24. The summed E-state index contributed by atoms with van der Waals surface area (Å²) in [6.07, 6.45) is 1.90. The number of nitrogens with one attached hydrogen (secondary N) is 2. The predicted octanol–water partition coefficient (Wildman–Crippen LogP) is 3.07. The molecule has 7 heteroatoms. The fraction of sp³-hybridized carbons (Fsp3) is 0.478. The summed E-state index contributed by atoms with van der Waals surface area (Å²) in [4.78, 5) is 15.4. The molecule has 1 atom stereocenters. The third kappa shape index (κ3) is 7.22. The third-order valence-corrected chi connectivity index (χ3v) is 6.15. The lowest BCUT2D eigenvalue weighted by Crippen LogP contribution is -2.44. The minimum atomic E-state index is 0.445. The quantitative estimate of drug-likeness (QED) is 0.384. The van der Waals surface area contributed by atoms with Gasteiger partial charge in [0.15, 0.2) is 5.96 Å². The van der Waals surface area contributed by atoms with Gasteiger partial charge in [-0.05, 0) is 43.8 Å². The van der Waals surface area contributed by atoms with E-state index in [1.165, 1.54) is 10.5 Å². The summed E-state index contributed by atoms with van der Waals surface area (Å²) >= 11 is 1.87. The van der Waals surface area contributed by atoms with Crippen molar-refractivity contribution >= 4 is 23.5 Å². The largest absolute Gasteiger partial charge is 0.357 e. The molecule has 0 aliphatic carbocycles. The Morgan fingerprint density at radius 1 is 1.13 bits per heavy atom. The van der Waals surface area contributed by atoms with Gasteiger partial charge in [-0.2, -0.15) is 0 Å². The summed E-state index contributed by atoms with van der Waals surface area (Å²) in [5, 5.41) is 7.28. The van der Waals surface area contributed by atoms with Gasteiger partial charge in [-0.15, -0.1) is 11.8 Å². The molecule has 2 heterocycles. The van der Waals surface area contributed by atoms with Crippen LogP contribution in [0.15, 0.2) is 58.5 Å². The van der Waals surface area contributed by atoms with Gasteiger partial charge in [-0.1, -0.05) is 25.1 Å². The van der Waals surface area contributed by atoms with Crippen LogP contribution in [0.4, 0.5) is 5.82 Å². The molecule has 0 saturated carbocycles. The van der Waals surface area contributed by atoms with E-state index in [1.54, 1.807) is 0 Å². The Balaban J connectivity index is 1.54. The number of guanidine groups is 1. The van der Waals surface area contributed by atoms with Crippen LogP contribution in [0, 0.1) is 0 Å². The van der Waals surface area contributed by atoms with E-state index in [9.17, 15) is 0 Å². The minimum Gasteiger partial charge on any atom is -0.357 e. The molecule has 1 aliphatic rings. The Bertz CT molecular complexity index is 789. The molecule has 1 saturated heterocycles. The number of benzene rings is 1. The molecule has 3 rings (SSSR count). The molecule has 1 unspecified atom stereocenters. The lowest BCUT2D eigenvalue weighted by Gasteiger charge is -2.33. The molecule has 30 heavy (non-hydrogen) atoms. The van der Waals surface area contributed by atoms with Gasteiger partial charge >= 0.3 is 0 Å². The number of likely N-dealkylation sites (N-methyl/N-ethyl adjacent to an activating group) is 1. The van der Waals surface area contributed by atoms with Crippen molar-refractivity contribution in [1.29, 1.82) is 0 Å². The van der Waals surface area contributed by atoms with Gasteiger partial charge in [0, 0.05) is 55.6 Å². The monoisotopic (exact) mass is 426 g/mol. The topological polar surface area (TPSA) is 55.8 Å². The Hall–Kier alpha value is -2.25. The van der Waals surface area contributed by atoms with Crippen LogP contribution in [0.1, 0.15) is 19.4 Å². The number of hydrogen-bond acceptors (Lipinski definition) is 5. The number of rotatable bonds is 8. The van der Waals surface area contributed by atoms with Crippen molar-refractivity contribution in [3.8, 4) is 0 Å². The van der Waals surface area contributed by atoms with Crippen molar-refractivity contribution in [3.05, 3.63) is 54.2 Å². The first-order valence-electron chi connectivity index (χ1n) is 10.8. The van der Waals surface area contributed by atoms with E-state index < -0.39 is 0 Å². The van der Waals surface area contributed by atoms with Crippen molar-refractivity contribution in [3.63, 3.8) is 0 Å². The highest BCUT2D eigenvalue weighted by molar-refractivity contribution is 8.00. The molecule has 2 aromatic rings. The van der Waals surface area contributed by atoms with Crippen LogP contribution >= 0.6 is 11.8 Å². The average molecular weight is 427 g/mol. The van der Waals surface area contributed by atoms with Crippen LogP contribution in [0.25, 0.3) is 0 Å². The average Bonchev–Trinajstić information content (AvgIpc) is 2.77. The van der Waals surface area contributed by atoms with Crippen LogP contribution in [-0.2, 0) is 6.54 Å². The molecule has 1 fully saturated rings. The van der Waals surface area contributed by atoms with Crippen molar-refractivity contribution in [2.45, 2.75) is 30.5 Å². The second-order valence-electron chi connectivity index (χ2n) is 7.63. The van der Waals surface area contributed by atoms with Crippen molar-refractivity contribution in [2.24, 2.45) is 4.99 Å². The van der Waals surface area contributed by atoms with E-state index in [4.69, 9.17) is 4.99 Å². The Morgan fingerprint density at radius 2 is 1.90 bits per heavy atom. The zero-order valence-corrected chi connectivity index (χ0v) is 19.2. The van der Waals surface area contributed by atoms with Crippen molar-refractivity contribution < 1.29 is 0 Å². The Kier molecular flexibility index (Phi) is 8.83. The maximum Gasteiger partial charge on any atom is 0.191 e. The SMILES string of the molecule is CCNC(=NCc1ccnc(N2CCN(C)CC2)c1)NCC(C)Sc1ccccc1. The first-order chi connectivity index (χ1) is 14.6. The van der Waals surface area contributed by atoms with E-state index in [0.717, 1.165) is 51.0 Å². The van der Waals surface area contributed by atoms with Gasteiger partial charge in [0.1, 0.15) is 5.82 Å². The van der Waals surface area contributed by atoms with Crippen LogP contribution in [0.5, 0.6) is 0 Å². The van der Waals surface area contributed by atoms with Gasteiger partial charge in [-0.3, -0.25) is 0 Å². The normalized spacial score (nSPS) is 16.4. The number of nitrogens with zero attached hydrogens (tertiary/aromatic N) is 4. The van der Waals surface area contributed by atoms with Crippen LogP contribution < -0.4 is 15.5 Å². The summed E-state index contributed by atoms with van der Waals surface area (Å²) in [5.41, 5.74) is 1.18. The van der Waals surface area contributed by atoms with Crippen molar-refractivity contribution in [1.82, 2.24) is 20.5 Å². The first kappa shape index (κ1) is 22.4. The molecule has 1 aromatic carbocycles. The second-order valence-corrected chi connectivity index (χ2v) is 9.14. The molecular weight excluding hydrogens is 392 g/mol. The molecule has 0 radical (unpaired) electrons. The smallest absolute Gasteiger partial charge is 0.191 e. The number of piperazine rings is 1. The van der Waals surface area contributed by atoms with Gasteiger partial charge in [0.05, 0.1) is 6.54 Å². The predicted molar refractivity (Wildman–Crippen MR) is 129 cm³/mol. The molecule has 6 nitrogen and oxygen atoms in total. The molecule has 1 aromatic heterocycles. The standard InChI is InChI=1S/C23H34N6S/c1-4-24-23(26-17-19(2)30-21-8-6-5-7-9-21)27-18-20-10-11-25-22(16-20)29-14-12-28(3)13-15-29/h5-11,16,19H,4,12-15,17-18H2,1-3H3,(H2,24,26,27). The first-order valence-corrected chi connectivity index (χ1v) is 11.6. The number of aromatic nitrogens is 1. The minimum absolute atomic E-state index is 0.445. The zero-order chi connectivity index (χ0) is 21.2. The molecular formula is C23H34N6S. The maximum atomic E-state index is 4.79. The van der Waals surface area contributed by atoms with Crippen LogP contribution in [0.2, 0.25) is 0 Å². The second kappa shape index (κ2) is 11.8. The molecule has 0 spiro atoms. The number of aliphatic imine (C=N–C) groups is 1. The molecule has 0 amide bonds. The van der Waals surface area contributed by atoms with E-state index in [2.05, 4.69) is 88.8 Å². The number of pyridine rings is 1. The van der Waals surface area contributed by atoms with Gasteiger partial charge in [0.2, 0.25) is 0 Å². The lowest BCUT2D eigenvalue weighted by atomic mass is 10.2. The van der Waals surface area contributed by atoms with Gasteiger partial charge < -0.3 is 20.4 Å². The van der Waals surface area contributed by atoms with Crippen LogP contribution in [-0.4, -0.2) is 67.4 Å². The summed E-state index contributed by atoms with van der Waals surface area (Å²) in [7, 11) is 2.17. The maximum absolute atomic E-state index is 4.79. The molecule has 1 aliphatic heterocycles. The number of thioether (sulfide) groups is 1. The molecule has 2 N–H and O–H groups in total. The Labute approximate surface area is 185 Å². The summed E-state index contributed by atoms with van der Waals surface area (Å²) in [5.74, 6) is 1.91. The summed E-state index contributed by atoms with van der Waals surface area (Å²) in [6, 6.07) is 14.8. The fourth-order valence-electron chi connectivity index (χ4n) is 3.29. The van der Waals surface area contributed by atoms with E-state index in [1.807, 2.05) is 18.0 Å². The Morgan fingerprint density at radius 3 is 2.63 bits per heavy atom. The highest BCUT2D eigenvalue weighted by Crippen LogP contribution is 2.22. The van der Waals surface area contributed by atoms with E-state index >= 15 is 0 Å². The van der Waals surface area contributed by atoms with E-state index in [-0.39, 0.29) is 0 Å². The lowest BCUT2D eigenvalue weighted by molar-refractivity contribution is 0.312. The zero-order valence-electron chi connectivity index (χ0n) is 18.3. The van der Waals surface area contributed by atoms with Gasteiger partial charge in [0.25, 0.3) is 0 Å². The molecule has 0 bridgehead atoms. The third-order valence-electron chi connectivity index (χ3n) is 5.04. The van der Waals surface area contributed by atoms with E-state index in [0.29, 0.717) is 11.8 Å².